The van der Waals surface area contributed by atoms with Crippen molar-refractivity contribution in [3.8, 4) is 0 Å². The maximum absolute atomic E-state index is 12.4. The second kappa shape index (κ2) is 4.92. The van der Waals surface area contributed by atoms with Gasteiger partial charge in [-0.25, -0.2) is 8.42 Å². The molecule has 1 aromatic heterocycles. The zero-order valence-corrected chi connectivity index (χ0v) is 11.9. The van der Waals surface area contributed by atoms with E-state index in [0.717, 1.165) is 19.5 Å². The molecule has 2 fully saturated rings. The third kappa shape index (κ3) is 2.22. The third-order valence-electron chi connectivity index (χ3n) is 3.87. The summed E-state index contributed by atoms with van der Waals surface area (Å²) in [6.45, 7) is 3.61. The summed E-state index contributed by atoms with van der Waals surface area (Å²) in [6, 6.07) is 3.93. The molecule has 1 aromatic rings. The highest BCUT2D eigenvalue weighted by Crippen LogP contribution is 2.27. The fraction of sp³-hybridized carbons (Fsp3) is 0.667. The fourth-order valence-electron chi connectivity index (χ4n) is 2.87. The number of likely N-dealkylation sites (tertiary alicyclic amines) is 1. The monoisotopic (exact) mass is 286 g/mol. The lowest BCUT2D eigenvalue weighted by molar-refractivity contribution is 0.251. The molecule has 3 rings (SSSR count). The first-order chi connectivity index (χ1) is 8.68. The summed E-state index contributed by atoms with van der Waals surface area (Å²) in [7, 11) is -3.23. The summed E-state index contributed by atoms with van der Waals surface area (Å²) in [6.07, 6.45) is 3.49. The number of nitrogens with zero attached hydrogens (tertiary/aromatic N) is 2. The van der Waals surface area contributed by atoms with Crippen LogP contribution < -0.4 is 0 Å². The van der Waals surface area contributed by atoms with Crippen molar-refractivity contribution < 1.29 is 8.42 Å². The molecular formula is C12H18N2O2S2. The van der Waals surface area contributed by atoms with E-state index in [1.54, 1.807) is 16.4 Å². The number of hydrogen-bond acceptors (Lipinski definition) is 4. The molecule has 0 saturated carbocycles. The van der Waals surface area contributed by atoms with E-state index in [-0.39, 0.29) is 0 Å². The minimum absolute atomic E-state index is 0.433. The van der Waals surface area contributed by atoms with Crippen molar-refractivity contribution in [1.82, 2.24) is 9.21 Å². The molecule has 3 heterocycles. The van der Waals surface area contributed by atoms with Gasteiger partial charge in [-0.05, 0) is 43.8 Å². The first kappa shape index (κ1) is 12.6. The minimum atomic E-state index is -3.23. The van der Waals surface area contributed by atoms with Gasteiger partial charge in [-0.15, -0.1) is 11.3 Å². The Morgan fingerprint density at radius 2 is 2.00 bits per heavy atom. The van der Waals surface area contributed by atoms with Gasteiger partial charge in [0.2, 0.25) is 0 Å². The van der Waals surface area contributed by atoms with Crippen LogP contribution in [0.1, 0.15) is 19.3 Å². The van der Waals surface area contributed by atoms with Gasteiger partial charge in [0.05, 0.1) is 0 Å². The number of thiophene rings is 1. The van der Waals surface area contributed by atoms with Crippen molar-refractivity contribution in [1.29, 1.82) is 0 Å². The summed E-state index contributed by atoms with van der Waals surface area (Å²) in [5, 5.41) is 1.82. The molecule has 0 radical (unpaired) electrons. The molecule has 2 saturated heterocycles. The van der Waals surface area contributed by atoms with E-state index < -0.39 is 10.0 Å². The van der Waals surface area contributed by atoms with E-state index in [4.69, 9.17) is 0 Å². The summed E-state index contributed by atoms with van der Waals surface area (Å²) in [5.74, 6) is 0. The summed E-state index contributed by atoms with van der Waals surface area (Å²) in [5.41, 5.74) is 0. The highest BCUT2D eigenvalue weighted by Gasteiger charge is 2.36. The summed E-state index contributed by atoms with van der Waals surface area (Å²) < 4.78 is 26.9. The largest absolute Gasteiger partial charge is 0.299 e. The molecule has 0 bridgehead atoms. The summed E-state index contributed by atoms with van der Waals surface area (Å²) >= 11 is 1.31. The second-order valence-corrected chi connectivity index (χ2v) is 8.09. The van der Waals surface area contributed by atoms with E-state index in [1.807, 2.05) is 5.38 Å². The van der Waals surface area contributed by atoms with Crippen LogP contribution in [0.3, 0.4) is 0 Å². The SMILES string of the molecule is O=S(=O)(c1cccs1)N1CCC(N2CCCC2)C1. The Hall–Kier alpha value is -0.430. The van der Waals surface area contributed by atoms with Crippen LogP contribution in [0.25, 0.3) is 0 Å². The van der Waals surface area contributed by atoms with Crippen LogP contribution in [0.2, 0.25) is 0 Å². The molecule has 4 nitrogen and oxygen atoms in total. The van der Waals surface area contributed by atoms with Crippen molar-refractivity contribution in [2.24, 2.45) is 0 Å². The molecule has 0 aromatic carbocycles. The van der Waals surface area contributed by atoms with Crippen LogP contribution in [0.15, 0.2) is 21.7 Å². The maximum Gasteiger partial charge on any atom is 0.252 e. The predicted octanol–water partition coefficient (Wildman–Crippen LogP) is 1.61. The Morgan fingerprint density at radius 1 is 1.22 bits per heavy atom. The maximum atomic E-state index is 12.4. The number of sulfonamides is 1. The molecule has 100 valence electrons. The molecule has 0 amide bonds. The van der Waals surface area contributed by atoms with Crippen molar-refractivity contribution in [2.45, 2.75) is 29.5 Å². The van der Waals surface area contributed by atoms with Gasteiger partial charge in [0, 0.05) is 19.1 Å². The highest BCUT2D eigenvalue weighted by atomic mass is 32.2. The third-order valence-corrected chi connectivity index (χ3v) is 7.11. The lowest BCUT2D eigenvalue weighted by Crippen LogP contribution is -2.36. The van der Waals surface area contributed by atoms with Crippen LogP contribution in [0, 0.1) is 0 Å². The average molecular weight is 286 g/mol. The van der Waals surface area contributed by atoms with Crippen molar-refractivity contribution in [2.75, 3.05) is 26.2 Å². The topological polar surface area (TPSA) is 40.6 Å². The molecule has 2 aliphatic heterocycles. The van der Waals surface area contributed by atoms with Gasteiger partial charge >= 0.3 is 0 Å². The zero-order chi connectivity index (χ0) is 12.6. The van der Waals surface area contributed by atoms with E-state index >= 15 is 0 Å². The van der Waals surface area contributed by atoms with Crippen LogP contribution in [-0.2, 0) is 10.0 Å². The number of rotatable bonds is 3. The lowest BCUT2D eigenvalue weighted by atomic mass is 10.2. The number of hydrogen-bond donors (Lipinski definition) is 0. The van der Waals surface area contributed by atoms with E-state index in [1.165, 1.54) is 24.2 Å². The molecule has 18 heavy (non-hydrogen) atoms. The van der Waals surface area contributed by atoms with Crippen molar-refractivity contribution in [3.63, 3.8) is 0 Å². The van der Waals surface area contributed by atoms with Gasteiger partial charge in [0.1, 0.15) is 4.21 Å². The van der Waals surface area contributed by atoms with Crippen molar-refractivity contribution >= 4 is 21.4 Å². The first-order valence-corrected chi connectivity index (χ1v) is 8.77. The molecule has 0 aliphatic carbocycles. The molecule has 1 unspecified atom stereocenters. The molecule has 6 heteroatoms. The van der Waals surface area contributed by atoms with Gasteiger partial charge in [-0.1, -0.05) is 6.07 Å². The first-order valence-electron chi connectivity index (χ1n) is 6.45. The van der Waals surface area contributed by atoms with Crippen LogP contribution in [0.4, 0.5) is 0 Å². The predicted molar refractivity (Wildman–Crippen MR) is 72.3 cm³/mol. The van der Waals surface area contributed by atoms with Crippen LogP contribution in [-0.4, -0.2) is 49.8 Å². The quantitative estimate of drug-likeness (QED) is 0.847. The van der Waals surface area contributed by atoms with Gasteiger partial charge in [0.15, 0.2) is 0 Å². The second-order valence-electron chi connectivity index (χ2n) is 4.98. The van der Waals surface area contributed by atoms with E-state index in [9.17, 15) is 8.42 Å². The zero-order valence-electron chi connectivity index (χ0n) is 10.3. The molecule has 0 N–H and O–H groups in total. The van der Waals surface area contributed by atoms with E-state index in [0.29, 0.717) is 23.3 Å². The lowest BCUT2D eigenvalue weighted by Gasteiger charge is -2.23. The molecule has 0 spiro atoms. The molecule has 2 aliphatic rings. The Kier molecular flexibility index (Phi) is 3.44. The Bertz CT molecular complexity index is 492. The standard InChI is InChI=1S/C12H18N2O2S2/c15-18(16,12-4-3-9-17-12)14-8-5-11(10-14)13-6-1-2-7-13/h3-4,9,11H,1-2,5-8,10H2. The molecule has 1 atom stereocenters. The normalized spacial score (nSPS) is 27.0. The Morgan fingerprint density at radius 3 is 2.67 bits per heavy atom. The Labute approximate surface area is 112 Å². The average Bonchev–Trinajstić information content (AvgIpc) is 3.12. The Balaban J connectivity index is 1.72. The van der Waals surface area contributed by atoms with Crippen LogP contribution in [0.5, 0.6) is 0 Å². The fourth-order valence-corrected chi connectivity index (χ4v) is 5.51. The summed E-state index contributed by atoms with van der Waals surface area (Å²) in [4.78, 5) is 2.45. The van der Waals surface area contributed by atoms with Gasteiger partial charge in [-0.3, -0.25) is 4.90 Å². The van der Waals surface area contributed by atoms with Crippen molar-refractivity contribution in [3.05, 3.63) is 17.5 Å². The van der Waals surface area contributed by atoms with E-state index in [2.05, 4.69) is 4.90 Å². The van der Waals surface area contributed by atoms with Gasteiger partial charge in [0.25, 0.3) is 10.0 Å². The van der Waals surface area contributed by atoms with Crippen LogP contribution >= 0.6 is 11.3 Å². The molecular weight excluding hydrogens is 268 g/mol. The minimum Gasteiger partial charge on any atom is -0.299 e. The smallest absolute Gasteiger partial charge is 0.252 e. The highest BCUT2D eigenvalue weighted by molar-refractivity contribution is 7.91. The van der Waals surface area contributed by atoms with Gasteiger partial charge in [-0.2, -0.15) is 4.31 Å². The van der Waals surface area contributed by atoms with Gasteiger partial charge < -0.3 is 0 Å².